The molecule has 2 unspecified atom stereocenters. The van der Waals surface area contributed by atoms with Crippen molar-refractivity contribution < 1.29 is 0 Å². The first-order valence-corrected chi connectivity index (χ1v) is 6.20. The molecule has 3 nitrogen and oxygen atoms in total. The van der Waals surface area contributed by atoms with Gasteiger partial charge in [0.25, 0.3) is 0 Å². The maximum Gasteiger partial charge on any atom is 0.101 e. The zero-order chi connectivity index (χ0) is 11.5. The molecule has 0 heterocycles. The van der Waals surface area contributed by atoms with Crippen LogP contribution in [0.3, 0.4) is 0 Å². The van der Waals surface area contributed by atoms with Gasteiger partial charge in [0.2, 0.25) is 0 Å². The van der Waals surface area contributed by atoms with E-state index in [9.17, 15) is 0 Å². The molecule has 1 aromatic carbocycles. The standard InChI is InChI=1S/C12H14BrN3/c13-9-2-1-8(7-14)12(5-9)16-11-4-3-10(15)6-11/h1-2,5,10-11,16H,3-4,6,15H2. The Hall–Kier alpha value is -1.05. The monoisotopic (exact) mass is 279 g/mol. The number of halogens is 1. The molecule has 84 valence electrons. The highest BCUT2D eigenvalue weighted by molar-refractivity contribution is 9.10. The molecule has 1 aromatic rings. The maximum absolute atomic E-state index is 9.01. The minimum atomic E-state index is 0.301. The lowest BCUT2D eigenvalue weighted by Crippen LogP contribution is -2.21. The molecular formula is C12H14BrN3. The number of nitriles is 1. The Morgan fingerprint density at radius 3 is 2.88 bits per heavy atom. The summed E-state index contributed by atoms with van der Waals surface area (Å²) in [5.74, 6) is 0. The van der Waals surface area contributed by atoms with Gasteiger partial charge in [-0.2, -0.15) is 5.26 Å². The molecule has 3 N–H and O–H groups in total. The van der Waals surface area contributed by atoms with Crippen LogP contribution in [0.1, 0.15) is 24.8 Å². The third-order valence-electron chi connectivity index (χ3n) is 2.93. The van der Waals surface area contributed by atoms with E-state index >= 15 is 0 Å². The van der Waals surface area contributed by atoms with Gasteiger partial charge >= 0.3 is 0 Å². The molecule has 0 spiro atoms. The fourth-order valence-corrected chi connectivity index (χ4v) is 2.46. The van der Waals surface area contributed by atoms with Gasteiger partial charge in [-0.05, 0) is 37.5 Å². The summed E-state index contributed by atoms with van der Waals surface area (Å²) >= 11 is 3.41. The smallest absolute Gasteiger partial charge is 0.101 e. The highest BCUT2D eigenvalue weighted by Gasteiger charge is 2.22. The van der Waals surface area contributed by atoms with E-state index < -0.39 is 0 Å². The Labute approximate surface area is 104 Å². The third kappa shape index (κ3) is 2.55. The second-order valence-electron chi connectivity index (χ2n) is 4.22. The van der Waals surface area contributed by atoms with E-state index in [0.717, 1.165) is 29.4 Å². The van der Waals surface area contributed by atoms with Crippen LogP contribution in [-0.4, -0.2) is 12.1 Å². The van der Waals surface area contributed by atoms with Crippen LogP contribution in [0.4, 0.5) is 5.69 Å². The van der Waals surface area contributed by atoms with Crippen molar-refractivity contribution in [3.8, 4) is 6.07 Å². The first kappa shape index (κ1) is 11.4. The van der Waals surface area contributed by atoms with Gasteiger partial charge in [0.1, 0.15) is 6.07 Å². The van der Waals surface area contributed by atoms with Crippen molar-refractivity contribution in [2.75, 3.05) is 5.32 Å². The molecule has 1 aliphatic carbocycles. The molecule has 2 rings (SSSR count). The van der Waals surface area contributed by atoms with Crippen molar-refractivity contribution in [1.82, 2.24) is 0 Å². The van der Waals surface area contributed by atoms with Crippen molar-refractivity contribution in [2.24, 2.45) is 5.73 Å². The molecule has 0 aromatic heterocycles. The second-order valence-corrected chi connectivity index (χ2v) is 5.13. The average molecular weight is 280 g/mol. The Morgan fingerprint density at radius 1 is 1.44 bits per heavy atom. The number of nitrogens with two attached hydrogens (primary N) is 1. The first-order chi connectivity index (χ1) is 7.69. The molecular weight excluding hydrogens is 266 g/mol. The van der Waals surface area contributed by atoms with Crippen LogP contribution in [0.2, 0.25) is 0 Å². The van der Waals surface area contributed by atoms with E-state index in [0.29, 0.717) is 17.6 Å². The zero-order valence-corrected chi connectivity index (χ0v) is 10.5. The molecule has 0 saturated heterocycles. The molecule has 1 aliphatic rings. The summed E-state index contributed by atoms with van der Waals surface area (Å²) in [6.07, 6.45) is 3.13. The van der Waals surface area contributed by atoms with Gasteiger partial charge < -0.3 is 11.1 Å². The summed E-state index contributed by atoms with van der Waals surface area (Å²) in [6, 6.07) is 8.54. The van der Waals surface area contributed by atoms with Crippen molar-refractivity contribution in [3.63, 3.8) is 0 Å². The Morgan fingerprint density at radius 2 is 2.25 bits per heavy atom. The van der Waals surface area contributed by atoms with Crippen LogP contribution in [-0.2, 0) is 0 Å². The highest BCUT2D eigenvalue weighted by Crippen LogP contribution is 2.26. The van der Waals surface area contributed by atoms with E-state index in [1.165, 1.54) is 0 Å². The third-order valence-corrected chi connectivity index (χ3v) is 3.43. The molecule has 0 radical (unpaired) electrons. The highest BCUT2D eigenvalue weighted by atomic mass is 79.9. The predicted octanol–water partition coefficient (Wildman–Crippen LogP) is 2.61. The lowest BCUT2D eigenvalue weighted by atomic mass is 10.1. The van der Waals surface area contributed by atoms with Crippen molar-refractivity contribution >= 4 is 21.6 Å². The summed E-state index contributed by atoms with van der Waals surface area (Å²) in [6.45, 7) is 0. The summed E-state index contributed by atoms with van der Waals surface area (Å²) in [7, 11) is 0. The molecule has 0 amide bonds. The van der Waals surface area contributed by atoms with Crippen LogP contribution < -0.4 is 11.1 Å². The van der Waals surface area contributed by atoms with Crippen LogP contribution in [0, 0.1) is 11.3 Å². The minimum Gasteiger partial charge on any atom is -0.381 e. The van der Waals surface area contributed by atoms with Gasteiger partial charge in [-0.1, -0.05) is 15.9 Å². The number of nitrogens with one attached hydrogen (secondary N) is 1. The van der Waals surface area contributed by atoms with Crippen LogP contribution in [0.25, 0.3) is 0 Å². The lowest BCUT2D eigenvalue weighted by Gasteiger charge is -2.15. The largest absolute Gasteiger partial charge is 0.381 e. The summed E-state index contributed by atoms with van der Waals surface area (Å²) < 4.78 is 0.983. The minimum absolute atomic E-state index is 0.301. The van der Waals surface area contributed by atoms with E-state index in [4.69, 9.17) is 11.0 Å². The molecule has 1 fully saturated rings. The van der Waals surface area contributed by atoms with Crippen LogP contribution in [0.5, 0.6) is 0 Å². The van der Waals surface area contributed by atoms with E-state index in [1.807, 2.05) is 18.2 Å². The molecule has 16 heavy (non-hydrogen) atoms. The quantitative estimate of drug-likeness (QED) is 0.875. The fraction of sp³-hybridized carbons (Fsp3) is 0.417. The van der Waals surface area contributed by atoms with Crippen LogP contribution >= 0.6 is 15.9 Å². The normalized spacial score (nSPS) is 24.1. The summed E-state index contributed by atoms with van der Waals surface area (Å²) in [4.78, 5) is 0. The zero-order valence-electron chi connectivity index (χ0n) is 8.91. The topological polar surface area (TPSA) is 61.8 Å². The number of hydrogen-bond acceptors (Lipinski definition) is 3. The number of nitrogens with zero attached hydrogens (tertiary/aromatic N) is 1. The number of benzene rings is 1. The number of hydrogen-bond donors (Lipinski definition) is 2. The SMILES string of the molecule is N#Cc1ccc(Br)cc1NC1CCC(N)C1. The van der Waals surface area contributed by atoms with Gasteiger partial charge in [0, 0.05) is 16.6 Å². The van der Waals surface area contributed by atoms with Gasteiger partial charge in [-0.25, -0.2) is 0 Å². The molecule has 1 saturated carbocycles. The lowest BCUT2D eigenvalue weighted by molar-refractivity contribution is 0.688. The van der Waals surface area contributed by atoms with Gasteiger partial charge in [-0.15, -0.1) is 0 Å². The Balaban J connectivity index is 2.14. The van der Waals surface area contributed by atoms with Crippen molar-refractivity contribution in [1.29, 1.82) is 5.26 Å². The average Bonchev–Trinajstić information content (AvgIpc) is 2.64. The fourth-order valence-electron chi connectivity index (χ4n) is 2.10. The Kier molecular flexibility index (Phi) is 3.47. The van der Waals surface area contributed by atoms with Gasteiger partial charge in [0.15, 0.2) is 0 Å². The predicted molar refractivity (Wildman–Crippen MR) is 68.1 cm³/mol. The van der Waals surface area contributed by atoms with Crippen molar-refractivity contribution in [2.45, 2.75) is 31.3 Å². The van der Waals surface area contributed by atoms with Crippen LogP contribution in [0.15, 0.2) is 22.7 Å². The number of rotatable bonds is 2. The molecule has 0 bridgehead atoms. The summed E-state index contributed by atoms with van der Waals surface area (Å²) in [5.41, 5.74) is 7.45. The van der Waals surface area contributed by atoms with E-state index in [1.54, 1.807) is 0 Å². The summed E-state index contributed by atoms with van der Waals surface area (Å²) in [5, 5.41) is 12.4. The van der Waals surface area contributed by atoms with Gasteiger partial charge in [-0.3, -0.25) is 0 Å². The number of anilines is 1. The van der Waals surface area contributed by atoms with Gasteiger partial charge in [0.05, 0.1) is 11.3 Å². The van der Waals surface area contributed by atoms with Crippen molar-refractivity contribution in [3.05, 3.63) is 28.2 Å². The Bertz CT molecular complexity index is 425. The van der Waals surface area contributed by atoms with E-state index in [2.05, 4.69) is 27.3 Å². The molecule has 2 atom stereocenters. The molecule has 4 heteroatoms. The first-order valence-electron chi connectivity index (χ1n) is 5.41. The molecule has 0 aliphatic heterocycles. The maximum atomic E-state index is 9.01. The van der Waals surface area contributed by atoms with E-state index in [-0.39, 0.29) is 0 Å². The second kappa shape index (κ2) is 4.86.